The van der Waals surface area contributed by atoms with Crippen LogP contribution in [-0.2, 0) is 0 Å². The predicted molar refractivity (Wildman–Crippen MR) is 110 cm³/mol. The van der Waals surface area contributed by atoms with Crippen LogP contribution < -0.4 is 14.4 Å². The van der Waals surface area contributed by atoms with Crippen molar-refractivity contribution in [2.45, 2.75) is 6.92 Å². The Balaban J connectivity index is 1.40. The maximum absolute atomic E-state index is 12.9. The Labute approximate surface area is 174 Å². The van der Waals surface area contributed by atoms with E-state index in [1.165, 1.54) is 0 Å². The Bertz CT molecular complexity index is 1000. The number of hydrogen-bond donors (Lipinski definition) is 0. The van der Waals surface area contributed by atoms with Gasteiger partial charge in [0.1, 0.15) is 17.3 Å². The highest BCUT2D eigenvalue weighted by Crippen LogP contribution is 2.24. The summed E-state index contributed by atoms with van der Waals surface area (Å²) in [5.74, 6) is 3.05. The summed E-state index contributed by atoms with van der Waals surface area (Å²) >= 11 is 0. The van der Waals surface area contributed by atoms with Gasteiger partial charge in [-0.2, -0.15) is 4.98 Å². The second-order valence-electron chi connectivity index (χ2n) is 6.92. The number of ether oxygens (including phenoxy) is 2. The summed E-state index contributed by atoms with van der Waals surface area (Å²) in [7, 11) is 3.14. The number of carbonyl (C=O) groups is 1. The molecule has 156 valence electrons. The summed E-state index contributed by atoms with van der Waals surface area (Å²) in [6, 6.07) is 9.08. The van der Waals surface area contributed by atoms with E-state index in [0.717, 1.165) is 11.4 Å². The number of aromatic nitrogens is 3. The lowest BCUT2D eigenvalue weighted by atomic mass is 10.1. The third-order valence-electron chi connectivity index (χ3n) is 5.02. The Morgan fingerprint density at radius 2 is 1.73 bits per heavy atom. The molecular weight excluding hydrogens is 386 g/mol. The minimum absolute atomic E-state index is 0.0392. The van der Waals surface area contributed by atoms with Crippen LogP contribution in [0.15, 0.2) is 41.1 Å². The van der Waals surface area contributed by atoms with Gasteiger partial charge in [0.05, 0.1) is 14.2 Å². The van der Waals surface area contributed by atoms with Gasteiger partial charge in [0.25, 0.3) is 5.91 Å². The number of rotatable bonds is 5. The van der Waals surface area contributed by atoms with Gasteiger partial charge >= 0.3 is 0 Å². The van der Waals surface area contributed by atoms with Gasteiger partial charge in [0.15, 0.2) is 0 Å². The first kappa shape index (κ1) is 19.7. The lowest BCUT2D eigenvalue weighted by Gasteiger charge is -2.35. The van der Waals surface area contributed by atoms with Gasteiger partial charge in [0.2, 0.25) is 11.7 Å². The van der Waals surface area contributed by atoms with Crippen LogP contribution in [0.2, 0.25) is 0 Å². The lowest BCUT2D eigenvalue weighted by Crippen LogP contribution is -2.49. The molecule has 0 N–H and O–H groups in total. The number of amides is 1. The largest absolute Gasteiger partial charge is 0.497 e. The average Bonchev–Trinajstić information content (AvgIpc) is 3.24. The van der Waals surface area contributed by atoms with Crippen LogP contribution in [0.25, 0.3) is 11.4 Å². The fraction of sp³-hybridized carbons (Fsp3) is 0.333. The summed E-state index contributed by atoms with van der Waals surface area (Å²) in [6.45, 7) is 4.35. The molecule has 2 aromatic heterocycles. The predicted octanol–water partition coefficient (Wildman–Crippen LogP) is 2.42. The fourth-order valence-corrected chi connectivity index (χ4v) is 3.37. The topological polar surface area (TPSA) is 93.8 Å². The maximum atomic E-state index is 12.9. The van der Waals surface area contributed by atoms with Crippen LogP contribution in [0, 0.1) is 6.92 Å². The molecule has 4 rings (SSSR count). The van der Waals surface area contributed by atoms with Crippen molar-refractivity contribution >= 4 is 11.7 Å². The maximum Gasteiger partial charge on any atom is 0.254 e. The van der Waals surface area contributed by atoms with E-state index in [-0.39, 0.29) is 5.91 Å². The highest BCUT2D eigenvalue weighted by Gasteiger charge is 2.24. The van der Waals surface area contributed by atoms with Gasteiger partial charge in [-0.15, -0.1) is 0 Å². The van der Waals surface area contributed by atoms with Crippen molar-refractivity contribution in [2.75, 3.05) is 45.3 Å². The zero-order valence-corrected chi connectivity index (χ0v) is 17.2. The van der Waals surface area contributed by atoms with Crippen LogP contribution >= 0.6 is 0 Å². The second-order valence-corrected chi connectivity index (χ2v) is 6.92. The first-order valence-electron chi connectivity index (χ1n) is 9.61. The van der Waals surface area contributed by atoms with Crippen LogP contribution in [0.5, 0.6) is 11.5 Å². The Hall–Kier alpha value is -3.62. The number of piperazine rings is 1. The van der Waals surface area contributed by atoms with E-state index in [0.29, 0.717) is 55.0 Å². The van der Waals surface area contributed by atoms with Crippen molar-refractivity contribution in [3.8, 4) is 22.9 Å². The van der Waals surface area contributed by atoms with Gasteiger partial charge in [0, 0.05) is 56.5 Å². The summed E-state index contributed by atoms with van der Waals surface area (Å²) in [5.41, 5.74) is 1.36. The molecule has 0 saturated carbocycles. The molecule has 0 bridgehead atoms. The minimum atomic E-state index is -0.0392. The monoisotopic (exact) mass is 409 g/mol. The number of anilines is 1. The van der Waals surface area contributed by atoms with Crippen molar-refractivity contribution in [2.24, 2.45) is 0 Å². The smallest absolute Gasteiger partial charge is 0.254 e. The van der Waals surface area contributed by atoms with E-state index < -0.39 is 0 Å². The molecule has 3 aromatic rings. The molecule has 0 radical (unpaired) electrons. The summed E-state index contributed by atoms with van der Waals surface area (Å²) in [6.07, 6.45) is 1.74. The minimum Gasteiger partial charge on any atom is -0.497 e. The third kappa shape index (κ3) is 4.05. The van der Waals surface area contributed by atoms with Gasteiger partial charge in [-0.05, 0) is 24.3 Å². The first-order chi connectivity index (χ1) is 14.6. The molecule has 9 nitrogen and oxygen atoms in total. The van der Waals surface area contributed by atoms with E-state index in [2.05, 4.69) is 20.0 Å². The van der Waals surface area contributed by atoms with Gasteiger partial charge in [-0.25, -0.2) is 4.98 Å². The molecule has 1 saturated heterocycles. The van der Waals surface area contributed by atoms with E-state index in [1.807, 2.05) is 17.0 Å². The van der Waals surface area contributed by atoms with E-state index in [9.17, 15) is 4.79 Å². The third-order valence-corrected chi connectivity index (χ3v) is 5.02. The molecule has 0 aliphatic carbocycles. The number of methoxy groups -OCH3 is 2. The average molecular weight is 409 g/mol. The van der Waals surface area contributed by atoms with Crippen molar-refractivity contribution in [1.82, 2.24) is 20.0 Å². The van der Waals surface area contributed by atoms with Crippen LogP contribution in [-0.4, -0.2) is 66.3 Å². The SMILES string of the molecule is COc1cc(OC)cc(C(=O)N2CCN(c3ccc(-c4noc(C)n4)cn3)CC2)c1. The molecule has 1 fully saturated rings. The van der Waals surface area contributed by atoms with Gasteiger partial charge < -0.3 is 23.8 Å². The molecule has 1 aliphatic rings. The lowest BCUT2D eigenvalue weighted by molar-refractivity contribution is 0.0745. The molecule has 0 atom stereocenters. The quantitative estimate of drug-likeness (QED) is 0.634. The molecule has 1 aliphatic heterocycles. The Kier molecular flexibility index (Phi) is 5.51. The second kappa shape index (κ2) is 8.40. The zero-order chi connectivity index (χ0) is 21.1. The van der Waals surface area contributed by atoms with Crippen molar-refractivity contribution in [3.63, 3.8) is 0 Å². The molecule has 30 heavy (non-hydrogen) atoms. The Morgan fingerprint density at radius 3 is 2.27 bits per heavy atom. The molecular formula is C21H23N5O4. The number of hydrogen-bond acceptors (Lipinski definition) is 8. The molecule has 3 heterocycles. The summed E-state index contributed by atoms with van der Waals surface area (Å²) < 4.78 is 15.6. The highest BCUT2D eigenvalue weighted by molar-refractivity contribution is 5.95. The van der Waals surface area contributed by atoms with E-state index in [4.69, 9.17) is 14.0 Å². The summed E-state index contributed by atoms with van der Waals surface area (Å²) in [5, 5.41) is 3.91. The number of pyridine rings is 1. The van der Waals surface area contributed by atoms with Crippen molar-refractivity contribution < 1.29 is 18.8 Å². The zero-order valence-electron chi connectivity index (χ0n) is 17.2. The molecule has 1 amide bonds. The normalized spacial score (nSPS) is 14.0. The number of carbonyl (C=O) groups excluding carboxylic acids is 1. The van der Waals surface area contributed by atoms with E-state index >= 15 is 0 Å². The molecule has 0 spiro atoms. The molecule has 1 aromatic carbocycles. The van der Waals surface area contributed by atoms with Crippen LogP contribution in [0.1, 0.15) is 16.2 Å². The Morgan fingerprint density at radius 1 is 1.03 bits per heavy atom. The van der Waals surface area contributed by atoms with Crippen molar-refractivity contribution in [1.29, 1.82) is 0 Å². The number of benzene rings is 1. The van der Waals surface area contributed by atoms with Crippen LogP contribution in [0.3, 0.4) is 0 Å². The van der Waals surface area contributed by atoms with Gasteiger partial charge in [-0.1, -0.05) is 5.16 Å². The molecule has 9 heteroatoms. The highest BCUT2D eigenvalue weighted by atomic mass is 16.5. The number of aryl methyl sites for hydroxylation is 1. The van der Waals surface area contributed by atoms with Crippen LogP contribution in [0.4, 0.5) is 5.82 Å². The first-order valence-corrected chi connectivity index (χ1v) is 9.61. The summed E-state index contributed by atoms with van der Waals surface area (Å²) in [4.78, 5) is 25.7. The standard InChI is InChI=1S/C21H23N5O4/c1-14-23-20(24-30-14)15-4-5-19(22-13-15)25-6-8-26(9-7-25)21(27)16-10-17(28-2)12-18(11-16)29-3/h4-5,10-13H,6-9H2,1-3H3. The number of nitrogens with zero attached hydrogens (tertiary/aromatic N) is 5. The van der Waals surface area contributed by atoms with Gasteiger partial charge in [-0.3, -0.25) is 4.79 Å². The fourth-order valence-electron chi connectivity index (χ4n) is 3.37. The molecule has 0 unspecified atom stereocenters. The van der Waals surface area contributed by atoms with Crippen molar-refractivity contribution in [3.05, 3.63) is 48.0 Å². The van der Waals surface area contributed by atoms with E-state index in [1.54, 1.807) is 45.5 Å².